The van der Waals surface area contributed by atoms with Gasteiger partial charge < -0.3 is 9.63 Å². The highest BCUT2D eigenvalue weighted by Gasteiger charge is 2.20. The molecule has 0 aliphatic rings. The average Bonchev–Trinajstić information content (AvgIpc) is 2.94. The van der Waals surface area contributed by atoms with E-state index in [1.54, 1.807) is 30.3 Å². The molecule has 22 heavy (non-hydrogen) atoms. The van der Waals surface area contributed by atoms with Crippen LogP contribution in [0.4, 0.5) is 0 Å². The average molecular weight is 355 g/mol. The lowest BCUT2D eigenvalue weighted by molar-refractivity contribution is 0.281. The van der Waals surface area contributed by atoms with Crippen LogP contribution in [0.15, 0.2) is 47.0 Å². The largest absolute Gasteiger partial charge is 0.391 e. The summed E-state index contributed by atoms with van der Waals surface area (Å²) in [6.07, 6.45) is 0. The van der Waals surface area contributed by atoms with Gasteiger partial charge in [0, 0.05) is 16.1 Å². The number of aliphatic hydroxyl groups excluding tert-OH is 1. The zero-order valence-corrected chi connectivity index (χ0v) is 13.5. The van der Waals surface area contributed by atoms with Crippen LogP contribution in [0.3, 0.4) is 0 Å². The minimum absolute atomic E-state index is 0.236. The lowest BCUT2D eigenvalue weighted by Gasteiger charge is -2.04. The number of hydrogen-bond donors (Lipinski definition) is 1. The molecular formula is C16H10Cl3NO2. The van der Waals surface area contributed by atoms with Gasteiger partial charge in [-0.15, -0.1) is 0 Å². The molecule has 3 nitrogen and oxygen atoms in total. The number of halogens is 3. The van der Waals surface area contributed by atoms with E-state index >= 15 is 0 Å². The summed E-state index contributed by atoms with van der Waals surface area (Å²) in [6.45, 7) is -0.236. The minimum atomic E-state index is -0.236. The summed E-state index contributed by atoms with van der Waals surface area (Å²) in [5.41, 5.74) is 2.48. The first-order valence-electron chi connectivity index (χ1n) is 6.41. The van der Waals surface area contributed by atoms with Crippen LogP contribution in [0.2, 0.25) is 15.1 Å². The van der Waals surface area contributed by atoms with E-state index in [1.165, 1.54) is 0 Å². The molecule has 0 fully saturated rings. The van der Waals surface area contributed by atoms with Crippen molar-refractivity contribution in [3.63, 3.8) is 0 Å². The van der Waals surface area contributed by atoms with Crippen LogP contribution in [0.1, 0.15) is 5.56 Å². The Kier molecular flexibility index (Phi) is 4.41. The Morgan fingerprint density at radius 2 is 1.73 bits per heavy atom. The molecule has 0 saturated carbocycles. The van der Waals surface area contributed by atoms with E-state index in [-0.39, 0.29) is 6.61 Å². The number of hydrogen-bond acceptors (Lipinski definition) is 3. The van der Waals surface area contributed by atoms with E-state index in [4.69, 9.17) is 39.3 Å². The van der Waals surface area contributed by atoms with E-state index in [9.17, 15) is 5.11 Å². The lowest BCUT2D eigenvalue weighted by Crippen LogP contribution is -1.89. The molecule has 1 N–H and O–H groups in total. The number of benzene rings is 2. The van der Waals surface area contributed by atoms with Gasteiger partial charge in [-0.05, 0) is 24.3 Å². The smallest absolute Gasteiger partial charge is 0.174 e. The number of nitrogens with zero attached hydrogens (tertiary/aromatic N) is 1. The molecule has 3 rings (SSSR count). The molecule has 3 aromatic rings. The second kappa shape index (κ2) is 6.31. The molecule has 6 heteroatoms. The first-order valence-corrected chi connectivity index (χ1v) is 7.55. The Morgan fingerprint density at radius 1 is 1.00 bits per heavy atom. The molecule has 1 heterocycles. The second-order valence-electron chi connectivity index (χ2n) is 4.61. The molecule has 0 aliphatic heterocycles. The molecule has 2 aromatic carbocycles. The summed E-state index contributed by atoms with van der Waals surface area (Å²) in [4.78, 5) is 0. The monoisotopic (exact) mass is 353 g/mol. The Labute approximate surface area is 142 Å². The van der Waals surface area contributed by atoms with Crippen molar-refractivity contribution in [2.45, 2.75) is 6.61 Å². The second-order valence-corrected chi connectivity index (χ2v) is 5.83. The highest BCUT2D eigenvalue weighted by atomic mass is 35.5. The van der Waals surface area contributed by atoms with Gasteiger partial charge in [0.2, 0.25) is 0 Å². The quantitative estimate of drug-likeness (QED) is 0.679. The number of aromatic nitrogens is 1. The van der Waals surface area contributed by atoms with Crippen LogP contribution in [-0.4, -0.2) is 10.3 Å². The number of rotatable bonds is 3. The predicted octanol–water partition coefficient (Wildman–Crippen LogP) is 5.46. The van der Waals surface area contributed by atoms with Crippen molar-refractivity contribution < 1.29 is 9.63 Å². The molecule has 0 bridgehead atoms. The fourth-order valence-electron chi connectivity index (χ4n) is 2.18. The fraction of sp³-hybridized carbons (Fsp3) is 0.0625. The maximum atomic E-state index is 9.72. The molecule has 0 radical (unpaired) electrons. The third-order valence-electron chi connectivity index (χ3n) is 3.26. The van der Waals surface area contributed by atoms with Crippen LogP contribution in [0.5, 0.6) is 0 Å². The lowest BCUT2D eigenvalue weighted by atomic mass is 10.0. The minimum Gasteiger partial charge on any atom is -0.391 e. The summed E-state index contributed by atoms with van der Waals surface area (Å²) in [7, 11) is 0. The van der Waals surface area contributed by atoms with Crippen molar-refractivity contribution >= 4 is 34.8 Å². The van der Waals surface area contributed by atoms with Gasteiger partial charge >= 0.3 is 0 Å². The highest BCUT2D eigenvalue weighted by Crippen LogP contribution is 2.38. The van der Waals surface area contributed by atoms with Crippen LogP contribution in [0.25, 0.3) is 22.6 Å². The van der Waals surface area contributed by atoms with Crippen molar-refractivity contribution in [3.05, 3.63) is 63.1 Å². The van der Waals surface area contributed by atoms with Crippen molar-refractivity contribution in [1.29, 1.82) is 0 Å². The number of aliphatic hydroxyl groups is 1. The molecule has 0 amide bonds. The van der Waals surface area contributed by atoms with Crippen LogP contribution in [-0.2, 0) is 6.61 Å². The van der Waals surface area contributed by atoms with Crippen LogP contribution < -0.4 is 0 Å². The van der Waals surface area contributed by atoms with E-state index in [0.29, 0.717) is 37.6 Å². The summed E-state index contributed by atoms with van der Waals surface area (Å²) in [6, 6.07) is 12.3. The van der Waals surface area contributed by atoms with E-state index in [2.05, 4.69) is 5.16 Å². The maximum Gasteiger partial charge on any atom is 0.174 e. The molecule has 0 spiro atoms. The first kappa shape index (κ1) is 15.4. The van der Waals surface area contributed by atoms with Gasteiger partial charge in [-0.3, -0.25) is 0 Å². The standard InChI is InChI=1S/C16H10Cl3NO2/c17-10-6-4-9(5-7-10)15-12(8-21)16(22-20-15)11-2-1-3-13(18)14(11)19/h1-7,21H,8H2. The Hall–Kier alpha value is -1.52. The first-order chi connectivity index (χ1) is 10.6. The summed E-state index contributed by atoms with van der Waals surface area (Å²) in [5.74, 6) is 0.403. The van der Waals surface area contributed by atoms with Crippen LogP contribution >= 0.6 is 34.8 Å². The van der Waals surface area contributed by atoms with Crippen molar-refractivity contribution in [2.75, 3.05) is 0 Å². The molecule has 0 saturated heterocycles. The van der Waals surface area contributed by atoms with Gasteiger partial charge in [-0.1, -0.05) is 58.2 Å². The fourth-order valence-corrected chi connectivity index (χ4v) is 2.69. The third-order valence-corrected chi connectivity index (χ3v) is 4.33. The van der Waals surface area contributed by atoms with Crippen molar-refractivity contribution in [1.82, 2.24) is 5.16 Å². The van der Waals surface area contributed by atoms with E-state index in [1.807, 2.05) is 12.1 Å². The van der Waals surface area contributed by atoms with Gasteiger partial charge in [0.05, 0.1) is 22.2 Å². The molecular weight excluding hydrogens is 345 g/mol. The third kappa shape index (κ3) is 2.73. The van der Waals surface area contributed by atoms with Crippen molar-refractivity contribution in [2.24, 2.45) is 0 Å². The molecule has 112 valence electrons. The maximum absolute atomic E-state index is 9.72. The predicted molar refractivity (Wildman–Crippen MR) is 88.3 cm³/mol. The molecule has 0 unspecified atom stereocenters. The van der Waals surface area contributed by atoms with Gasteiger partial charge in [-0.25, -0.2) is 0 Å². The van der Waals surface area contributed by atoms with Gasteiger partial charge in [0.25, 0.3) is 0 Å². The molecule has 0 atom stereocenters. The normalized spacial score (nSPS) is 10.9. The summed E-state index contributed by atoms with van der Waals surface area (Å²) >= 11 is 18.1. The highest BCUT2D eigenvalue weighted by molar-refractivity contribution is 6.43. The van der Waals surface area contributed by atoms with Gasteiger partial charge in [0.1, 0.15) is 5.69 Å². The van der Waals surface area contributed by atoms with E-state index in [0.717, 1.165) is 5.56 Å². The van der Waals surface area contributed by atoms with Crippen molar-refractivity contribution in [3.8, 4) is 22.6 Å². The Bertz CT molecular complexity index is 813. The molecule has 0 aliphatic carbocycles. The zero-order valence-electron chi connectivity index (χ0n) is 11.2. The Morgan fingerprint density at radius 3 is 2.41 bits per heavy atom. The SMILES string of the molecule is OCc1c(-c2ccc(Cl)cc2)noc1-c1cccc(Cl)c1Cl. The Balaban J connectivity index is 2.15. The topological polar surface area (TPSA) is 46.3 Å². The molecule has 1 aromatic heterocycles. The zero-order chi connectivity index (χ0) is 15.7. The summed E-state index contributed by atoms with van der Waals surface area (Å²) < 4.78 is 5.41. The van der Waals surface area contributed by atoms with Gasteiger partial charge in [-0.2, -0.15) is 0 Å². The van der Waals surface area contributed by atoms with Gasteiger partial charge in [0.15, 0.2) is 5.76 Å². The summed E-state index contributed by atoms with van der Waals surface area (Å²) in [5, 5.41) is 15.2. The van der Waals surface area contributed by atoms with Crippen LogP contribution in [0, 0.1) is 0 Å². The van der Waals surface area contributed by atoms with E-state index < -0.39 is 0 Å².